The molecule has 2 fully saturated rings. The lowest BCUT2D eigenvalue weighted by atomic mass is 9.65. The molecule has 0 aromatic rings. The molecular formula is C17H30O4. The molecule has 0 aromatic carbocycles. The number of aliphatic hydroxyl groups is 1. The van der Waals surface area contributed by atoms with Gasteiger partial charge in [0.2, 0.25) is 0 Å². The van der Waals surface area contributed by atoms with E-state index in [9.17, 15) is 5.11 Å². The van der Waals surface area contributed by atoms with Gasteiger partial charge in [-0.3, -0.25) is 0 Å². The Kier molecular flexibility index (Phi) is 4.84. The third-order valence-electron chi connectivity index (χ3n) is 4.97. The first-order valence-corrected chi connectivity index (χ1v) is 7.85. The normalized spacial score (nSPS) is 39.4. The highest BCUT2D eigenvalue weighted by Crippen LogP contribution is 2.53. The molecule has 5 atom stereocenters. The molecule has 2 rings (SSSR count). The van der Waals surface area contributed by atoms with Crippen molar-refractivity contribution >= 4 is 0 Å². The van der Waals surface area contributed by atoms with E-state index in [1.54, 1.807) is 7.11 Å². The number of ether oxygens (including phenoxy) is 3. The van der Waals surface area contributed by atoms with Crippen molar-refractivity contribution in [3.8, 4) is 0 Å². The number of hydrogen-bond acceptors (Lipinski definition) is 4. The molecule has 0 amide bonds. The fourth-order valence-corrected chi connectivity index (χ4v) is 3.82. The minimum absolute atomic E-state index is 0.0340. The van der Waals surface area contributed by atoms with Crippen molar-refractivity contribution in [2.75, 3.05) is 20.3 Å². The maximum atomic E-state index is 10.5. The van der Waals surface area contributed by atoms with E-state index in [-0.39, 0.29) is 23.5 Å². The average molecular weight is 298 g/mol. The van der Waals surface area contributed by atoms with Crippen molar-refractivity contribution in [1.29, 1.82) is 0 Å². The van der Waals surface area contributed by atoms with Gasteiger partial charge in [-0.15, -0.1) is 0 Å². The zero-order valence-corrected chi connectivity index (χ0v) is 14.2. The van der Waals surface area contributed by atoms with Gasteiger partial charge in [-0.2, -0.15) is 0 Å². The summed E-state index contributed by atoms with van der Waals surface area (Å²) in [6, 6.07) is 0. The summed E-state index contributed by atoms with van der Waals surface area (Å²) >= 11 is 0. The van der Waals surface area contributed by atoms with Crippen LogP contribution in [-0.4, -0.2) is 48.8 Å². The maximum Gasteiger partial charge on any atom is 0.100 e. The Morgan fingerprint density at radius 1 is 1.43 bits per heavy atom. The molecule has 0 unspecified atom stereocenters. The molecule has 4 nitrogen and oxygen atoms in total. The Bertz CT molecular complexity index is 394. The lowest BCUT2D eigenvalue weighted by Gasteiger charge is -2.48. The zero-order chi connectivity index (χ0) is 15.8. The molecule has 1 heterocycles. The van der Waals surface area contributed by atoms with Crippen LogP contribution < -0.4 is 0 Å². The van der Waals surface area contributed by atoms with Crippen molar-refractivity contribution in [2.24, 2.45) is 11.8 Å². The van der Waals surface area contributed by atoms with E-state index in [4.69, 9.17) is 14.2 Å². The smallest absolute Gasteiger partial charge is 0.100 e. The van der Waals surface area contributed by atoms with Crippen LogP contribution >= 0.6 is 0 Å². The maximum absolute atomic E-state index is 10.5. The molecule has 0 radical (unpaired) electrons. The van der Waals surface area contributed by atoms with E-state index in [0.29, 0.717) is 6.61 Å². The highest BCUT2D eigenvalue weighted by molar-refractivity contribution is 5.13. The number of methoxy groups -OCH3 is 1. The number of allylic oxidation sites excluding steroid dienone is 1. The van der Waals surface area contributed by atoms with Crippen LogP contribution in [0.2, 0.25) is 0 Å². The van der Waals surface area contributed by atoms with E-state index < -0.39 is 11.7 Å². The molecule has 4 heteroatoms. The molecule has 1 saturated carbocycles. The van der Waals surface area contributed by atoms with E-state index in [1.807, 2.05) is 0 Å². The Morgan fingerprint density at radius 2 is 2.05 bits per heavy atom. The quantitative estimate of drug-likeness (QED) is 0.626. The first-order chi connectivity index (χ1) is 9.73. The van der Waals surface area contributed by atoms with Crippen LogP contribution in [0.15, 0.2) is 11.6 Å². The van der Waals surface area contributed by atoms with Crippen LogP contribution in [0.4, 0.5) is 0 Å². The standard InChI is InChI=1S/C17H30O4/c1-11(2)7-8-20-16(4,5)15-14(19-6)13(18)12(3)9-17(15)10-21-17/h7,12-15,18H,8-10H2,1-6H3/t12-,13+,14+,15+,17-/m0/s1. The first-order valence-electron chi connectivity index (χ1n) is 7.85. The van der Waals surface area contributed by atoms with Crippen LogP contribution in [0, 0.1) is 11.8 Å². The summed E-state index contributed by atoms with van der Waals surface area (Å²) in [6.07, 6.45) is 2.22. The van der Waals surface area contributed by atoms with Gasteiger partial charge in [0, 0.05) is 13.0 Å². The third-order valence-corrected chi connectivity index (χ3v) is 4.97. The third kappa shape index (κ3) is 3.34. The van der Waals surface area contributed by atoms with Crippen molar-refractivity contribution in [2.45, 2.75) is 64.4 Å². The van der Waals surface area contributed by atoms with Crippen LogP contribution in [0.5, 0.6) is 0 Å². The summed E-state index contributed by atoms with van der Waals surface area (Å²) in [4.78, 5) is 0. The van der Waals surface area contributed by atoms with Gasteiger partial charge < -0.3 is 19.3 Å². The molecule has 1 N–H and O–H groups in total. The summed E-state index contributed by atoms with van der Waals surface area (Å²) in [5.74, 6) is 0.217. The summed E-state index contributed by atoms with van der Waals surface area (Å²) in [6.45, 7) is 11.7. The van der Waals surface area contributed by atoms with Crippen molar-refractivity contribution in [3.63, 3.8) is 0 Å². The predicted octanol–water partition coefficient (Wildman–Crippen LogP) is 2.55. The van der Waals surface area contributed by atoms with E-state index in [0.717, 1.165) is 13.0 Å². The van der Waals surface area contributed by atoms with Gasteiger partial charge in [0.05, 0.1) is 31.0 Å². The van der Waals surface area contributed by atoms with Gasteiger partial charge in [0.25, 0.3) is 0 Å². The van der Waals surface area contributed by atoms with Gasteiger partial charge in [-0.05, 0) is 40.0 Å². The molecule has 0 bridgehead atoms. The van der Waals surface area contributed by atoms with Crippen molar-refractivity contribution in [1.82, 2.24) is 0 Å². The molecule has 1 saturated heterocycles. The molecule has 0 aromatic heterocycles. The molecule has 2 aliphatic rings. The Hall–Kier alpha value is -0.420. The van der Waals surface area contributed by atoms with E-state index >= 15 is 0 Å². The van der Waals surface area contributed by atoms with Gasteiger partial charge in [0.1, 0.15) is 5.60 Å². The van der Waals surface area contributed by atoms with Gasteiger partial charge in [0.15, 0.2) is 0 Å². The second kappa shape index (κ2) is 5.99. The minimum Gasteiger partial charge on any atom is -0.390 e. The highest BCUT2D eigenvalue weighted by Gasteiger charge is 2.65. The molecule has 1 spiro atoms. The second-order valence-electron chi connectivity index (χ2n) is 7.40. The zero-order valence-electron chi connectivity index (χ0n) is 14.2. The number of aliphatic hydroxyl groups excluding tert-OH is 1. The summed E-state index contributed by atoms with van der Waals surface area (Å²) in [7, 11) is 1.67. The summed E-state index contributed by atoms with van der Waals surface area (Å²) in [5, 5.41) is 10.5. The SMILES string of the molecule is CO[C@@H]1[C@H](O)[C@@H](C)C[C@]2(CO2)[C@H]1C(C)(C)OCC=C(C)C. The van der Waals surface area contributed by atoms with Gasteiger partial charge in [-0.25, -0.2) is 0 Å². The summed E-state index contributed by atoms with van der Waals surface area (Å²) < 4.78 is 17.6. The fourth-order valence-electron chi connectivity index (χ4n) is 3.82. The average Bonchev–Trinajstić information content (AvgIpc) is 3.12. The monoisotopic (exact) mass is 298 g/mol. The molecule has 122 valence electrons. The Balaban J connectivity index is 2.19. The molecule has 21 heavy (non-hydrogen) atoms. The lowest BCUT2D eigenvalue weighted by Crippen LogP contribution is -2.60. The topological polar surface area (TPSA) is 51.2 Å². The van der Waals surface area contributed by atoms with Crippen molar-refractivity contribution in [3.05, 3.63) is 11.6 Å². The van der Waals surface area contributed by atoms with Crippen molar-refractivity contribution < 1.29 is 19.3 Å². The number of rotatable bonds is 5. The largest absolute Gasteiger partial charge is 0.390 e. The lowest BCUT2D eigenvalue weighted by molar-refractivity contribution is -0.185. The van der Waals surface area contributed by atoms with Gasteiger partial charge >= 0.3 is 0 Å². The van der Waals surface area contributed by atoms with Crippen LogP contribution in [-0.2, 0) is 14.2 Å². The predicted molar refractivity (Wildman–Crippen MR) is 82.2 cm³/mol. The molecule has 1 aliphatic heterocycles. The Morgan fingerprint density at radius 3 is 2.52 bits per heavy atom. The summed E-state index contributed by atoms with van der Waals surface area (Å²) in [5.41, 5.74) is 0.640. The van der Waals surface area contributed by atoms with Crippen LogP contribution in [0.3, 0.4) is 0 Å². The highest BCUT2D eigenvalue weighted by atomic mass is 16.6. The van der Waals surface area contributed by atoms with E-state index in [2.05, 4.69) is 40.7 Å². The minimum atomic E-state index is -0.471. The number of hydrogen-bond donors (Lipinski definition) is 1. The second-order valence-corrected chi connectivity index (χ2v) is 7.40. The molecular weight excluding hydrogens is 268 g/mol. The van der Waals surface area contributed by atoms with E-state index in [1.165, 1.54) is 5.57 Å². The van der Waals surface area contributed by atoms with Crippen LogP contribution in [0.1, 0.15) is 41.0 Å². The van der Waals surface area contributed by atoms with Crippen LogP contribution in [0.25, 0.3) is 0 Å². The van der Waals surface area contributed by atoms with Gasteiger partial charge in [-0.1, -0.05) is 18.6 Å². The first kappa shape index (κ1) is 16.9. The Labute approximate surface area is 128 Å². The fraction of sp³-hybridized carbons (Fsp3) is 0.882. The molecule has 1 aliphatic carbocycles. The number of epoxide rings is 1.